The number of H-pyrrole nitrogens is 1. The number of nitrogens with two attached hydrogens (primary N) is 1. The van der Waals surface area contributed by atoms with Crippen molar-refractivity contribution in [2.75, 3.05) is 11.1 Å². The van der Waals surface area contributed by atoms with E-state index in [-0.39, 0.29) is 0 Å². The summed E-state index contributed by atoms with van der Waals surface area (Å²) in [6.07, 6.45) is 5.34. The van der Waals surface area contributed by atoms with Gasteiger partial charge in [0.15, 0.2) is 0 Å². The molecule has 0 radical (unpaired) electrons. The number of rotatable bonds is 4. The molecule has 118 valence electrons. The normalized spacial score (nSPS) is 10.8. The third kappa shape index (κ3) is 2.77. The van der Waals surface area contributed by atoms with E-state index in [1.807, 2.05) is 24.3 Å². The molecular weight excluding hydrogens is 300 g/mol. The van der Waals surface area contributed by atoms with Gasteiger partial charge in [0.2, 0.25) is 0 Å². The summed E-state index contributed by atoms with van der Waals surface area (Å²) in [5, 5.41) is 11.2. The molecule has 0 fully saturated rings. The zero-order valence-electron chi connectivity index (χ0n) is 12.9. The first-order valence-corrected chi connectivity index (χ1v) is 7.63. The molecule has 1 aromatic carbocycles. The van der Waals surface area contributed by atoms with Gasteiger partial charge in [0.05, 0.1) is 23.1 Å². The minimum absolute atomic E-state index is 0.615. The van der Waals surface area contributed by atoms with E-state index in [0.29, 0.717) is 18.1 Å². The summed E-state index contributed by atoms with van der Waals surface area (Å²) in [5.41, 5.74) is 10.5. The molecule has 0 aliphatic rings. The Balaban J connectivity index is 1.57. The number of nitrogen functional groups attached to an aromatic ring is 1. The van der Waals surface area contributed by atoms with Crippen LogP contribution in [0.25, 0.3) is 22.2 Å². The van der Waals surface area contributed by atoms with Crippen LogP contribution in [0.1, 0.15) is 5.56 Å². The number of hydrogen-bond acceptors (Lipinski definition) is 5. The summed E-state index contributed by atoms with van der Waals surface area (Å²) in [4.78, 5) is 8.92. The molecule has 0 unspecified atom stereocenters. The number of hydrogen-bond donors (Lipinski definition) is 3. The van der Waals surface area contributed by atoms with Crippen LogP contribution >= 0.6 is 0 Å². The highest BCUT2D eigenvalue weighted by atomic mass is 15.1. The first-order valence-electron chi connectivity index (χ1n) is 7.63. The maximum Gasteiger partial charge on any atom is 0.150 e. The molecule has 24 heavy (non-hydrogen) atoms. The number of nitrogens with zero attached hydrogens (tertiary/aromatic N) is 3. The molecule has 0 bridgehead atoms. The number of anilines is 2. The van der Waals surface area contributed by atoms with Crippen molar-refractivity contribution >= 4 is 22.4 Å². The zero-order valence-corrected chi connectivity index (χ0v) is 12.9. The van der Waals surface area contributed by atoms with Crippen LogP contribution in [0.4, 0.5) is 11.5 Å². The van der Waals surface area contributed by atoms with Gasteiger partial charge in [-0.05, 0) is 35.9 Å². The first kappa shape index (κ1) is 14.2. The highest BCUT2D eigenvalue weighted by Crippen LogP contribution is 2.23. The molecule has 3 aromatic heterocycles. The predicted octanol–water partition coefficient (Wildman–Crippen LogP) is 3.21. The Labute approximate surface area is 138 Å². The summed E-state index contributed by atoms with van der Waals surface area (Å²) in [6, 6.07) is 13.9. The molecule has 0 atom stereocenters. The Morgan fingerprint density at radius 2 is 2.08 bits per heavy atom. The highest BCUT2D eigenvalue weighted by molar-refractivity contribution is 5.79. The van der Waals surface area contributed by atoms with E-state index < -0.39 is 0 Å². The van der Waals surface area contributed by atoms with Crippen molar-refractivity contribution in [2.45, 2.75) is 6.54 Å². The Bertz CT molecular complexity index is 978. The summed E-state index contributed by atoms with van der Waals surface area (Å²) in [5.74, 6) is 0.667. The third-order valence-corrected chi connectivity index (χ3v) is 3.85. The Hall–Kier alpha value is -3.41. The largest absolute Gasteiger partial charge is 0.396 e. The van der Waals surface area contributed by atoms with Crippen molar-refractivity contribution in [3.63, 3.8) is 0 Å². The monoisotopic (exact) mass is 316 g/mol. The summed E-state index contributed by atoms with van der Waals surface area (Å²) < 4.78 is 0. The minimum Gasteiger partial charge on any atom is -0.396 e. The Morgan fingerprint density at radius 3 is 2.96 bits per heavy atom. The van der Waals surface area contributed by atoms with Crippen molar-refractivity contribution in [3.05, 3.63) is 66.6 Å². The van der Waals surface area contributed by atoms with Gasteiger partial charge < -0.3 is 11.1 Å². The van der Waals surface area contributed by atoms with E-state index in [4.69, 9.17) is 5.73 Å². The average Bonchev–Trinajstić information content (AvgIpc) is 3.15. The minimum atomic E-state index is 0.615. The fraction of sp³-hybridized carbons (Fsp3) is 0.0556. The van der Waals surface area contributed by atoms with Crippen molar-refractivity contribution in [2.24, 2.45) is 0 Å². The number of aromatic nitrogens is 4. The maximum atomic E-state index is 6.04. The molecular formula is C18H16N6. The van der Waals surface area contributed by atoms with Crippen molar-refractivity contribution in [1.29, 1.82) is 0 Å². The van der Waals surface area contributed by atoms with E-state index in [1.54, 1.807) is 18.6 Å². The van der Waals surface area contributed by atoms with E-state index >= 15 is 0 Å². The number of nitrogens with one attached hydrogen (secondary N) is 2. The maximum absolute atomic E-state index is 6.04. The second kappa shape index (κ2) is 6.00. The van der Waals surface area contributed by atoms with Crippen LogP contribution in [0, 0.1) is 0 Å². The molecule has 0 saturated heterocycles. The molecule has 4 aromatic rings. The van der Waals surface area contributed by atoms with Crippen LogP contribution in [0.5, 0.6) is 0 Å². The summed E-state index contributed by atoms with van der Waals surface area (Å²) in [7, 11) is 0. The van der Waals surface area contributed by atoms with Crippen molar-refractivity contribution < 1.29 is 0 Å². The van der Waals surface area contributed by atoms with Crippen molar-refractivity contribution in [1.82, 2.24) is 20.2 Å². The topological polar surface area (TPSA) is 92.5 Å². The Morgan fingerprint density at radius 1 is 1.12 bits per heavy atom. The van der Waals surface area contributed by atoms with Gasteiger partial charge in [0, 0.05) is 29.9 Å². The predicted molar refractivity (Wildman–Crippen MR) is 95.3 cm³/mol. The summed E-state index contributed by atoms with van der Waals surface area (Å²) >= 11 is 0. The average molecular weight is 316 g/mol. The molecule has 6 nitrogen and oxygen atoms in total. The van der Waals surface area contributed by atoms with Gasteiger partial charge in [-0.15, -0.1) is 0 Å². The fourth-order valence-corrected chi connectivity index (χ4v) is 2.58. The van der Waals surface area contributed by atoms with E-state index in [9.17, 15) is 0 Å². The number of fused-ring (bicyclic) bond motifs is 1. The summed E-state index contributed by atoms with van der Waals surface area (Å²) in [6.45, 7) is 0.636. The first-order chi connectivity index (χ1) is 11.8. The van der Waals surface area contributed by atoms with Gasteiger partial charge in [-0.25, -0.2) is 4.98 Å². The standard InChI is InChI=1S/C18H16N6/c19-15-4-6-17(14-10-22-23-11-14)24-18(15)21-9-12-3-5-16-13(8-12)2-1-7-20-16/h1-8,10-11H,9,19H2,(H,21,24)(H,22,23). The second-order valence-corrected chi connectivity index (χ2v) is 5.51. The van der Waals surface area contributed by atoms with Crippen LogP contribution in [0.15, 0.2) is 61.1 Å². The number of aromatic amines is 1. The lowest BCUT2D eigenvalue weighted by Gasteiger charge is -2.10. The smallest absolute Gasteiger partial charge is 0.150 e. The molecule has 3 heterocycles. The molecule has 6 heteroatoms. The van der Waals surface area contributed by atoms with Crippen LogP contribution in [-0.4, -0.2) is 20.2 Å². The second-order valence-electron chi connectivity index (χ2n) is 5.51. The molecule has 0 aliphatic carbocycles. The highest BCUT2D eigenvalue weighted by Gasteiger charge is 2.06. The molecule has 0 aliphatic heterocycles. The fourth-order valence-electron chi connectivity index (χ4n) is 2.58. The van der Waals surface area contributed by atoms with Crippen LogP contribution in [0.2, 0.25) is 0 Å². The van der Waals surface area contributed by atoms with Gasteiger partial charge in [-0.1, -0.05) is 12.1 Å². The molecule has 0 amide bonds. The molecule has 0 spiro atoms. The molecule has 4 N–H and O–H groups in total. The van der Waals surface area contributed by atoms with E-state index in [1.165, 1.54) is 0 Å². The Kier molecular flexibility index (Phi) is 3.55. The van der Waals surface area contributed by atoms with Crippen LogP contribution < -0.4 is 11.1 Å². The van der Waals surface area contributed by atoms with Crippen molar-refractivity contribution in [3.8, 4) is 11.3 Å². The van der Waals surface area contributed by atoms with Crippen LogP contribution in [0.3, 0.4) is 0 Å². The zero-order chi connectivity index (χ0) is 16.4. The van der Waals surface area contributed by atoms with Gasteiger partial charge in [0.25, 0.3) is 0 Å². The number of pyridine rings is 2. The number of benzene rings is 1. The van der Waals surface area contributed by atoms with E-state index in [0.717, 1.165) is 27.7 Å². The lowest BCUT2D eigenvalue weighted by molar-refractivity contribution is 1.09. The lowest BCUT2D eigenvalue weighted by Crippen LogP contribution is -2.05. The van der Waals surface area contributed by atoms with Gasteiger partial charge in [0.1, 0.15) is 5.82 Å². The molecule has 0 saturated carbocycles. The van der Waals surface area contributed by atoms with Gasteiger partial charge >= 0.3 is 0 Å². The SMILES string of the molecule is Nc1ccc(-c2cn[nH]c2)nc1NCc1ccc2ncccc2c1. The van der Waals surface area contributed by atoms with E-state index in [2.05, 4.69) is 43.7 Å². The van der Waals surface area contributed by atoms with Crippen LogP contribution in [-0.2, 0) is 6.54 Å². The van der Waals surface area contributed by atoms with Gasteiger partial charge in [-0.2, -0.15) is 5.10 Å². The third-order valence-electron chi connectivity index (χ3n) is 3.85. The van der Waals surface area contributed by atoms with Gasteiger partial charge in [-0.3, -0.25) is 10.1 Å². The lowest BCUT2D eigenvalue weighted by atomic mass is 10.1. The quantitative estimate of drug-likeness (QED) is 0.537. The molecule has 4 rings (SSSR count).